The number of rotatable bonds is 0. The Bertz CT molecular complexity index is 308. The topological polar surface area (TPSA) is 0 Å². The largest absolute Gasteiger partial charge is 4.00 e. The summed E-state index contributed by atoms with van der Waals surface area (Å²) in [6.07, 6.45) is 0. The van der Waals surface area contributed by atoms with Gasteiger partial charge in [0.05, 0.1) is 0 Å². The molecule has 0 fully saturated rings. The molecule has 0 radical (unpaired) electrons. The summed E-state index contributed by atoms with van der Waals surface area (Å²) in [7, 11) is 1.08. The molecular weight excluding hydrogens is 361 g/mol. The standard InChI is InChI=1S/C9H7.C2H7P.3ClH.Zr/c1-2-5-9-7-3-6-8(9)4-1;1-3-2;;;;/h1-7H;3H,1-2H3;3*1H;/q-1;;;;;+4/p-3. The van der Waals surface area contributed by atoms with Crippen LogP contribution in [0, 0.1) is 0 Å². The van der Waals surface area contributed by atoms with E-state index in [1.54, 1.807) is 0 Å². The molecule has 0 aliphatic rings. The molecular formula is C11H14Cl3PZr. The predicted molar refractivity (Wildman–Crippen MR) is 59.7 cm³/mol. The van der Waals surface area contributed by atoms with Crippen molar-refractivity contribution >= 4 is 19.4 Å². The normalized spacial score (nSPS) is 6.88. The number of fused-ring (bicyclic) bond motifs is 1. The first-order chi connectivity index (χ1) is 5.88. The molecule has 16 heavy (non-hydrogen) atoms. The Balaban J connectivity index is -0.0000000949. The van der Waals surface area contributed by atoms with Crippen LogP contribution in [0.5, 0.6) is 0 Å². The van der Waals surface area contributed by atoms with E-state index in [2.05, 4.69) is 55.8 Å². The van der Waals surface area contributed by atoms with Gasteiger partial charge in [-0.15, -0.1) is 38.2 Å². The summed E-state index contributed by atoms with van der Waals surface area (Å²) in [5.74, 6) is 0. The van der Waals surface area contributed by atoms with E-state index in [1.165, 1.54) is 10.8 Å². The van der Waals surface area contributed by atoms with Gasteiger partial charge in [0.2, 0.25) is 0 Å². The van der Waals surface area contributed by atoms with Gasteiger partial charge in [0.1, 0.15) is 0 Å². The average molecular weight is 375 g/mol. The maximum Gasteiger partial charge on any atom is 4.00 e. The number of hydrogen-bond donors (Lipinski definition) is 0. The summed E-state index contributed by atoms with van der Waals surface area (Å²) >= 11 is 0. The molecule has 2 aromatic carbocycles. The Hall–Kier alpha value is 1.01. The Morgan fingerprint density at radius 3 is 1.94 bits per heavy atom. The fourth-order valence-electron chi connectivity index (χ4n) is 1.07. The van der Waals surface area contributed by atoms with Crippen molar-refractivity contribution in [1.82, 2.24) is 0 Å². The summed E-state index contributed by atoms with van der Waals surface area (Å²) in [5.41, 5.74) is 0. The van der Waals surface area contributed by atoms with E-state index in [0.717, 1.165) is 8.58 Å². The molecule has 5 heteroatoms. The zero-order chi connectivity index (χ0) is 8.81. The quantitative estimate of drug-likeness (QED) is 0.319. The van der Waals surface area contributed by atoms with Crippen molar-refractivity contribution in [3.8, 4) is 0 Å². The molecule has 0 atom stereocenters. The molecule has 0 bridgehead atoms. The van der Waals surface area contributed by atoms with Gasteiger partial charge in [-0.2, -0.15) is 17.5 Å². The van der Waals surface area contributed by atoms with Crippen LogP contribution in [0.2, 0.25) is 0 Å². The number of hydrogen-bond acceptors (Lipinski definition) is 0. The molecule has 0 spiro atoms. The van der Waals surface area contributed by atoms with Crippen LogP contribution in [0.3, 0.4) is 0 Å². The van der Waals surface area contributed by atoms with Gasteiger partial charge in [-0.05, 0) is 13.3 Å². The van der Waals surface area contributed by atoms with Crippen LogP contribution < -0.4 is 37.2 Å². The minimum atomic E-state index is 0. The third-order valence-electron chi connectivity index (χ3n) is 1.55. The Kier molecular flexibility index (Phi) is 25.8. The van der Waals surface area contributed by atoms with Crippen molar-refractivity contribution in [2.24, 2.45) is 0 Å². The van der Waals surface area contributed by atoms with E-state index < -0.39 is 0 Å². The average Bonchev–Trinajstić information content (AvgIpc) is 2.52. The first-order valence-corrected chi connectivity index (χ1v) is 6.07. The third kappa shape index (κ3) is 9.09. The second kappa shape index (κ2) is 16.0. The fraction of sp³-hybridized carbons (Fsp3) is 0.182. The van der Waals surface area contributed by atoms with E-state index in [4.69, 9.17) is 0 Å². The van der Waals surface area contributed by atoms with Crippen LogP contribution in [-0.4, -0.2) is 13.3 Å². The SMILES string of the molecule is CPC.[Cl-].[Cl-].[Cl-].[Zr+4].c1ccc2[cH-]ccc2c1. The molecule has 0 heterocycles. The van der Waals surface area contributed by atoms with Gasteiger partial charge < -0.3 is 37.2 Å². The number of halogens is 3. The maximum absolute atomic E-state index is 2.15. The number of benzene rings is 1. The summed E-state index contributed by atoms with van der Waals surface area (Å²) in [4.78, 5) is 0. The minimum Gasteiger partial charge on any atom is -1.00 e. The molecule has 88 valence electrons. The van der Waals surface area contributed by atoms with Crippen molar-refractivity contribution in [3.63, 3.8) is 0 Å². The van der Waals surface area contributed by atoms with Gasteiger partial charge in [-0.1, -0.05) is 6.07 Å². The summed E-state index contributed by atoms with van der Waals surface area (Å²) < 4.78 is 0. The van der Waals surface area contributed by atoms with Gasteiger partial charge in [-0.3, -0.25) is 0 Å². The van der Waals surface area contributed by atoms with E-state index in [0.29, 0.717) is 0 Å². The van der Waals surface area contributed by atoms with Crippen molar-refractivity contribution in [3.05, 3.63) is 42.5 Å². The smallest absolute Gasteiger partial charge is 1.00 e. The Morgan fingerprint density at radius 1 is 0.938 bits per heavy atom. The van der Waals surface area contributed by atoms with Gasteiger partial charge in [0.25, 0.3) is 0 Å². The molecule has 0 nitrogen and oxygen atoms in total. The second-order valence-corrected chi connectivity index (χ2v) is 3.65. The minimum absolute atomic E-state index is 0. The molecule has 2 rings (SSSR count). The monoisotopic (exact) mass is 372 g/mol. The van der Waals surface area contributed by atoms with E-state index in [-0.39, 0.29) is 63.4 Å². The zero-order valence-corrected chi connectivity index (χ0v) is 14.9. The van der Waals surface area contributed by atoms with Gasteiger partial charge >= 0.3 is 26.2 Å². The summed E-state index contributed by atoms with van der Waals surface area (Å²) in [6.45, 7) is 4.31. The first-order valence-electron chi connectivity index (χ1n) is 4.07. The summed E-state index contributed by atoms with van der Waals surface area (Å²) in [6, 6.07) is 14.7. The van der Waals surface area contributed by atoms with Crippen molar-refractivity contribution in [1.29, 1.82) is 0 Å². The van der Waals surface area contributed by atoms with E-state index in [1.807, 2.05) is 0 Å². The van der Waals surface area contributed by atoms with Crippen LogP contribution in [0.1, 0.15) is 0 Å². The molecule has 2 aromatic rings. The van der Waals surface area contributed by atoms with Gasteiger partial charge in [0, 0.05) is 0 Å². The van der Waals surface area contributed by atoms with E-state index >= 15 is 0 Å². The molecule has 0 aromatic heterocycles. The maximum atomic E-state index is 2.15. The van der Waals surface area contributed by atoms with Crippen LogP contribution in [0.15, 0.2) is 42.5 Å². The molecule has 0 unspecified atom stereocenters. The molecule has 0 saturated heterocycles. The van der Waals surface area contributed by atoms with Crippen LogP contribution in [0.25, 0.3) is 10.8 Å². The van der Waals surface area contributed by atoms with Crippen LogP contribution in [-0.2, 0) is 26.2 Å². The molecule has 0 N–H and O–H groups in total. The Labute approximate surface area is 137 Å². The van der Waals surface area contributed by atoms with E-state index in [9.17, 15) is 0 Å². The fourth-order valence-corrected chi connectivity index (χ4v) is 1.07. The van der Waals surface area contributed by atoms with Crippen molar-refractivity contribution < 1.29 is 63.4 Å². The molecule has 0 aliphatic carbocycles. The zero-order valence-electron chi connectivity index (χ0n) is 9.18. The van der Waals surface area contributed by atoms with Gasteiger partial charge in [-0.25, -0.2) is 0 Å². The molecule has 0 amide bonds. The Morgan fingerprint density at radius 2 is 1.44 bits per heavy atom. The first kappa shape index (κ1) is 25.8. The predicted octanol–water partition coefficient (Wildman–Crippen LogP) is -5.51. The van der Waals surface area contributed by atoms with Crippen molar-refractivity contribution in [2.45, 2.75) is 0 Å². The van der Waals surface area contributed by atoms with Crippen LogP contribution >= 0.6 is 8.58 Å². The third-order valence-corrected chi connectivity index (χ3v) is 1.55. The molecule has 0 aliphatic heterocycles. The second-order valence-electron chi connectivity index (χ2n) is 2.65. The van der Waals surface area contributed by atoms with Gasteiger partial charge in [0.15, 0.2) is 0 Å². The molecule has 0 saturated carbocycles. The van der Waals surface area contributed by atoms with Crippen LogP contribution in [0.4, 0.5) is 0 Å². The van der Waals surface area contributed by atoms with Crippen molar-refractivity contribution in [2.75, 3.05) is 13.3 Å². The summed E-state index contributed by atoms with van der Waals surface area (Å²) in [5, 5.41) is 2.66.